The fourth-order valence-electron chi connectivity index (χ4n) is 1.69. The molecule has 0 aliphatic carbocycles. The molecule has 16 heavy (non-hydrogen) atoms. The van der Waals surface area contributed by atoms with E-state index < -0.39 is 17.4 Å². The standard InChI is InChI=1S/C11H11BrN2O2/c1-11(6-13-9(15)10(16)14-11)7-3-2-4-8(12)5-7/h2-5H,6H2,1H3,(H,13,15)(H,14,16). The Morgan fingerprint density at radius 1 is 1.31 bits per heavy atom. The van der Waals surface area contributed by atoms with Crippen molar-refractivity contribution in [2.45, 2.75) is 12.5 Å². The Hall–Kier alpha value is -1.36. The van der Waals surface area contributed by atoms with E-state index in [1.165, 1.54) is 0 Å². The molecule has 1 aromatic rings. The SMILES string of the molecule is CC1(c2cccc(Br)c2)CNC(=O)C(=O)N1. The highest BCUT2D eigenvalue weighted by Gasteiger charge is 2.36. The second-order valence-electron chi connectivity index (χ2n) is 3.98. The molecular formula is C11H11BrN2O2. The van der Waals surface area contributed by atoms with Crippen LogP contribution in [-0.4, -0.2) is 18.4 Å². The summed E-state index contributed by atoms with van der Waals surface area (Å²) < 4.78 is 0.942. The van der Waals surface area contributed by atoms with Crippen LogP contribution in [0.25, 0.3) is 0 Å². The fraction of sp³-hybridized carbons (Fsp3) is 0.273. The Morgan fingerprint density at radius 2 is 2.06 bits per heavy atom. The van der Waals surface area contributed by atoms with E-state index in [1.54, 1.807) is 0 Å². The van der Waals surface area contributed by atoms with Crippen LogP contribution in [0.15, 0.2) is 28.7 Å². The molecule has 5 heteroatoms. The third-order valence-electron chi connectivity index (χ3n) is 2.66. The normalized spacial score (nSPS) is 24.9. The molecule has 2 rings (SSSR count). The maximum atomic E-state index is 11.3. The molecule has 1 aromatic carbocycles. The minimum absolute atomic E-state index is 0.397. The van der Waals surface area contributed by atoms with Gasteiger partial charge in [-0.3, -0.25) is 9.59 Å². The van der Waals surface area contributed by atoms with E-state index in [-0.39, 0.29) is 0 Å². The van der Waals surface area contributed by atoms with Gasteiger partial charge in [-0.15, -0.1) is 0 Å². The third kappa shape index (κ3) is 1.95. The number of piperazine rings is 1. The molecule has 1 aliphatic rings. The summed E-state index contributed by atoms with van der Waals surface area (Å²) >= 11 is 3.38. The number of nitrogens with one attached hydrogen (secondary N) is 2. The summed E-state index contributed by atoms with van der Waals surface area (Å²) in [6.07, 6.45) is 0. The number of carbonyl (C=O) groups excluding carboxylic acids is 2. The highest BCUT2D eigenvalue weighted by Crippen LogP contribution is 2.24. The van der Waals surface area contributed by atoms with Crippen LogP contribution in [0.2, 0.25) is 0 Å². The summed E-state index contributed by atoms with van der Waals surface area (Å²) in [5, 5.41) is 5.29. The molecule has 2 N–H and O–H groups in total. The molecule has 0 spiro atoms. The number of benzene rings is 1. The Morgan fingerprint density at radius 3 is 2.69 bits per heavy atom. The molecule has 1 fully saturated rings. The molecule has 0 aromatic heterocycles. The minimum atomic E-state index is -0.589. The summed E-state index contributed by atoms with van der Waals surface area (Å²) in [5.41, 5.74) is 0.407. The van der Waals surface area contributed by atoms with E-state index >= 15 is 0 Å². The van der Waals surface area contributed by atoms with E-state index in [1.807, 2.05) is 31.2 Å². The van der Waals surface area contributed by atoms with E-state index in [0.717, 1.165) is 10.0 Å². The number of rotatable bonds is 1. The predicted octanol–water partition coefficient (Wildman–Crippen LogP) is 0.910. The molecule has 1 saturated heterocycles. The zero-order valence-corrected chi connectivity index (χ0v) is 10.3. The largest absolute Gasteiger partial charge is 0.345 e. The van der Waals surface area contributed by atoms with Gasteiger partial charge in [-0.25, -0.2) is 0 Å². The smallest absolute Gasteiger partial charge is 0.310 e. The van der Waals surface area contributed by atoms with Gasteiger partial charge >= 0.3 is 11.8 Å². The lowest BCUT2D eigenvalue weighted by Gasteiger charge is -2.35. The average Bonchev–Trinajstić information content (AvgIpc) is 2.24. The first kappa shape index (κ1) is 11.1. The molecule has 0 bridgehead atoms. The zero-order chi connectivity index (χ0) is 11.8. The molecule has 1 atom stereocenters. The molecule has 1 unspecified atom stereocenters. The Balaban J connectivity index is 2.32. The fourth-order valence-corrected chi connectivity index (χ4v) is 2.09. The van der Waals surface area contributed by atoms with E-state index in [0.29, 0.717) is 6.54 Å². The van der Waals surface area contributed by atoms with Gasteiger partial charge in [-0.05, 0) is 24.6 Å². The summed E-state index contributed by atoms with van der Waals surface area (Å²) in [6.45, 7) is 2.28. The predicted molar refractivity (Wildman–Crippen MR) is 62.6 cm³/mol. The number of halogens is 1. The number of hydrogen-bond donors (Lipinski definition) is 2. The Kier molecular flexibility index (Phi) is 2.71. The van der Waals surface area contributed by atoms with Crippen molar-refractivity contribution in [1.82, 2.24) is 10.6 Å². The average molecular weight is 283 g/mol. The van der Waals surface area contributed by atoms with Gasteiger partial charge in [0, 0.05) is 11.0 Å². The molecule has 1 heterocycles. The van der Waals surface area contributed by atoms with E-state index in [2.05, 4.69) is 26.6 Å². The maximum Gasteiger partial charge on any atom is 0.310 e. The van der Waals surface area contributed by atoms with Crippen molar-refractivity contribution in [3.05, 3.63) is 34.3 Å². The van der Waals surface area contributed by atoms with Crippen LogP contribution in [0.1, 0.15) is 12.5 Å². The lowest BCUT2D eigenvalue weighted by atomic mass is 9.90. The van der Waals surface area contributed by atoms with Crippen LogP contribution in [0.4, 0.5) is 0 Å². The zero-order valence-electron chi connectivity index (χ0n) is 8.71. The van der Waals surface area contributed by atoms with Crippen molar-refractivity contribution < 1.29 is 9.59 Å². The molecule has 0 radical (unpaired) electrons. The molecule has 4 nitrogen and oxygen atoms in total. The van der Waals surface area contributed by atoms with Crippen LogP contribution >= 0.6 is 15.9 Å². The molecule has 1 aliphatic heterocycles. The summed E-state index contributed by atoms with van der Waals surface area (Å²) in [6, 6.07) is 7.66. The van der Waals surface area contributed by atoms with Gasteiger partial charge in [0.05, 0.1) is 5.54 Å². The molecular weight excluding hydrogens is 272 g/mol. The quantitative estimate of drug-likeness (QED) is 0.753. The van der Waals surface area contributed by atoms with Crippen LogP contribution in [-0.2, 0) is 15.1 Å². The van der Waals surface area contributed by atoms with Gasteiger partial charge in [0.25, 0.3) is 0 Å². The second-order valence-corrected chi connectivity index (χ2v) is 4.89. The van der Waals surface area contributed by atoms with Crippen molar-refractivity contribution in [2.75, 3.05) is 6.54 Å². The van der Waals surface area contributed by atoms with Crippen LogP contribution in [0.3, 0.4) is 0 Å². The summed E-state index contributed by atoms with van der Waals surface area (Å²) in [5.74, 6) is -1.17. The summed E-state index contributed by atoms with van der Waals surface area (Å²) in [7, 11) is 0. The molecule has 0 saturated carbocycles. The number of hydrogen-bond acceptors (Lipinski definition) is 2. The van der Waals surface area contributed by atoms with Crippen molar-refractivity contribution in [3.63, 3.8) is 0 Å². The highest BCUT2D eigenvalue weighted by atomic mass is 79.9. The first-order valence-electron chi connectivity index (χ1n) is 4.88. The monoisotopic (exact) mass is 282 g/mol. The highest BCUT2D eigenvalue weighted by molar-refractivity contribution is 9.10. The first-order chi connectivity index (χ1) is 7.51. The minimum Gasteiger partial charge on any atom is -0.345 e. The van der Waals surface area contributed by atoms with Gasteiger partial charge in [0.15, 0.2) is 0 Å². The second kappa shape index (κ2) is 3.90. The third-order valence-corrected chi connectivity index (χ3v) is 3.15. The van der Waals surface area contributed by atoms with E-state index in [9.17, 15) is 9.59 Å². The lowest BCUT2D eigenvalue weighted by Crippen LogP contribution is -2.60. The molecule has 2 amide bonds. The topological polar surface area (TPSA) is 58.2 Å². The van der Waals surface area contributed by atoms with Crippen molar-refractivity contribution in [1.29, 1.82) is 0 Å². The van der Waals surface area contributed by atoms with Crippen LogP contribution in [0.5, 0.6) is 0 Å². The first-order valence-corrected chi connectivity index (χ1v) is 5.67. The number of amides is 2. The van der Waals surface area contributed by atoms with Crippen molar-refractivity contribution in [2.24, 2.45) is 0 Å². The lowest BCUT2D eigenvalue weighted by molar-refractivity contribution is -0.142. The van der Waals surface area contributed by atoms with Gasteiger partial charge in [-0.1, -0.05) is 28.1 Å². The van der Waals surface area contributed by atoms with Gasteiger partial charge < -0.3 is 10.6 Å². The van der Waals surface area contributed by atoms with E-state index in [4.69, 9.17) is 0 Å². The van der Waals surface area contributed by atoms with Crippen molar-refractivity contribution in [3.8, 4) is 0 Å². The Labute approximate surface area is 102 Å². The van der Waals surface area contributed by atoms with Crippen LogP contribution in [0, 0.1) is 0 Å². The summed E-state index contributed by atoms with van der Waals surface area (Å²) in [4.78, 5) is 22.4. The Bertz CT molecular complexity index is 461. The van der Waals surface area contributed by atoms with Gasteiger partial charge in [0.2, 0.25) is 0 Å². The van der Waals surface area contributed by atoms with Crippen LogP contribution < -0.4 is 10.6 Å². The van der Waals surface area contributed by atoms with Gasteiger partial charge in [-0.2, -0.15) is 0 Å². The van der Waals surface area contributed by atoms with Gasteiger partial charge in [0.1, 0.15) is 0 Å². The maximum absolute atomic E-state index is 11.3. The molecule has 84 valence electrons. The van der Waals surface area contributed by atoms with Crippen molar-refractivity contribution >= 4 is 27.7 Å². The number of carbonyl (C=O) groups is 2.